The smallest absolute Gasteiger partial charge is 0.410 e. The number of ether oxygens (including phenoxy) is 2. The van der Waals surface area contributed by atoms with Crippen molar-refractivity contribution in [3.63, 3.8) is 0 Å². The number of amides is 3. The molecule has 0 radical (unpaired) electrons. The number of hydrogen-bond acceptors (Lipinski definition) is 6. The van der Waals surface area contributed by atoms with E-state index in [0.29, 0.717) is 44.9 Å². The van der Waals surface area contributed by atoms with E-state index in [1.54, 1.807) is 4.90 Å². The first-order valence-corrected chi connectivity index (χ1v) is 13.7. The molecule has 3 amide bonds. The maximum absolute atomic E-state index is 13.0. The van der Waals surface area contributed by atoms with Crippen LogP contribution < -0.4 is 5.32 Å². The average Bonchev–Trinajstić information content (AvgIpc) is 2.84. The predicted molar refractivity (Wildman–Crippen MR) is 135 cm³/mol. The van der Waals surface area contributed by atoms with Gasteiger partial charge in [-0.25, -0.2) is 4.79 Å². The van der Waals surface area contributed by atoms with Crippen LogP contribution in [0, 0.1) is 17.8 Å². The third kappa shape index (κ3) is 8.66. The Kier molecular flexibility index (Phi) is 10.0. The molecule has 1 saturated carbocycles. The summed E-state index contributed by atoms with van der Waals surface area (Å²) in [4.78, 5) is 53.1. The van der Waals surface area contributed by atoms with Crippen LogP contribution in [0.15, 0.2) is 0 Å². The first-order chi connectivity index (χ1) is 17.0. The number of hydrogen-bond donors (Lipinski definition) is 1. The highest BCUT2D eigenvalue weighted by molar-refractivity contribution is 5.79. The number of piperidine rings is 2. The van der Waals surface area contributed by atoms with Gasteiger partial charge in [-0.15, -0.1) is 0 Å². The summed E-state index contributed by atoms with van der Waals surface area (Å²) in [6, 6.07) is 0.134. The molecule has 0 aromatic carbocycles. The van der Waals surface area contributed by atoms with Crippen LogP contribution in [0.2, 0.25) is 0 Å². The molecule has 0 aromatic rings. The van der Waals surface area contributed by atoms with Crippen molar-refractivity contribution in [2.24, 2.45) is 17.8 Å². The number of esters is 1. The lowest BCUT2D eigenvalue weighted by molar-refractivity contribution is -0.142. The number of carbonyl (C=O) groups is 4. The molecule has 204 valence electrons. The van der Waals surface area contributed by atoms with Crippen LogP contribution >= 0.6 is 0 Å². The second kappa shape index (κ2) is 12.8. The maximum atomic E-state index is 13.0. The number of rotatable bonds is 6. The lowest BCUT2D eigenvalue weighted by Gasteiger charge is -2.36. The molecule has 0 bridgehead atoms. The van der Waals surface area contributed by atoms with Gasteiger partial charge in [0.1, 0.15) is 5.60 Å². The minimum atomic E-state index is -0.500. The lowest BCUT2D eigenvalue weighted by Crippen LogP contribution is -2.45. The Morgan fingerprint density at radius 2 is 1.31 bits per heavy atom. The molecule has 1 aliphatic carbocycles. The van der Waals surface area contributed by atoms with Crippen molar-refractivity contribution in [2.45, 2.75) is 96.6 Å². The fourth-order valence-electron chi connectivity index (χ4n) is 5.61. The molecule has 36 heavy (non-hydrogen) atoms. The Morgan fingerprint density at radius 3 is 1.83 bits per heavy atom. The van der Waals surface area contributed by atoms with E-state index in [4.69, 9.17) is 9.47 Å². The molecule has 0 spiro atoms. The van der Waals surface area contributed by atoms with Gasteiger partial charge in [0.2, 0.25) is 11.8 Å². The van der Waals surface area contributed by atoms with Crippen LogP contribution in [0.5, 0.6) is 0 Å². The summed E-state index contributed by atoms with van der Waals surface area (Å²) in [6.45, 7) is 8.27. The van der Waals surface area contributed by atoms with E-state index < -0.39 is 5.60 Å². The SMILES string of the molecule is COC(=O)CC1CCN(C(=O)[C@H]2CC[C@H](NC(=O)CC3CCN(C(=O)OC(C)(C)C)CC3)CC2)CC1. The molecule has 0 atom stereocenters. The van der Waals surface area contributed by atoms with E-state index in [2.05, 4.69) is 5.32 Å². The van der Waals surface area contributed by atoms with E-state index in [9.17, 15) is 19.2 Å². The highest BCUT2D eigenvalue weighted by Gasteiger charge is 2.33. The van der Waals surface area contributed by atoms with Crippen LogP contribution in [0.4, 0.5) is 4.79 Å². The normalized spacial score (nSPS) is 24.2. The summed E-state index contributed by atoms with van der Waals surface area (Å²) >= 11 is 0. The van der Waals surface area contributed by atoms with Gasteiger partial charge in [-0.1, -0.05) is 0 Å². The molecule has 2 aliphatic heterocycles. The molecular formula is C27H45N3O6. The van der Waals surface area contributed by atoms with Crippen molar-refractivity contribution >= 4 is 23.9 Å². The Balaban J connectivity index is 1.31. The monoisotopic (exact) mass is 507 g/mol. The fraction of sp³-hybridized carbons (Fsp3) is 0.852. The molecule has 0 aromatic heterocycles. The molecule has 3 fully saturated rings. The van der Waals surface area contributed by atoms with E-state index in [0.717, 1.165) is 51.4 Å². The number of methoxy groups -OCH3 is 1. The van der Waals surface area contributed by atoms with Gasteiger partial charge in [0.05, 0.1) is 7.11 Å². The highest BCUT2D eigenvalue weighted by atomic mass is 16.6. The summed E-state index contributed by atoms with van der Waals surface area (Å²) in [5, 5.41) is 3.19. The quantitative estimate of drug-likeness (QED) is 0.552. The molecule has 0 unspecified atom stereocenters. The minimum Gasteiger partial charge on any atom is -0.469 e. The van der Waals surface area contributed by atoms with E-state index in [1.165, 1.54) is 7.11 Å². The second-order valence-electron chi connectivity index (χ2n) is 11.8. The molecule has 2 saturated heterocycles. The highest BCUT2D eigenvalue weighted by Crippen LogP contribution is 2.29. The lowest BCUT2D eigenvalue weighted by atomic mass is 9.84. The van der Waals surface area contributed by atoms with Crippen molar-refractivity contribution in [3.05, 3.63) is 0 Å². The third-order valence-electron chi connectivity index (χ3n) is 7.79. The molecule has 1 N–H and O–H groups in total. The Morgan fingerprint density at radius 1 is 0.778 bits per heavy atom. The zero-order valence-corrected chi connectivity index (χ0v) is 22.6. The van der Waals surface area contributed by atoms with Crippen molar-refractivity contribution in [1.29, 1.82) is 0 Å². The van der Waals surface area contributed by atoms with Crippen molar-refractivity contribution in [1.82, 2.24) is 15.1 Å². The Labute approximate surface area is 215 Å². The average molecular weight is 508 g/mol. The molecule has 9 nitrogen and oxygen atoms in total. The zero-order chi connectivity index (χ0) is 26.3. The summed E-state index contributed by atoms with van der Waals surface area (Å²) in [6.07, 6.45) is 7.24. The summed E-state index contributed by atoms with van der Waals surface area (Å²) in [5.41, 5.74) is -0.500. The molecule has 3 rings (SSSR count). The van der Waals surface area contributed by atoms with Crippen LogP contribution in [-0.4, -0.2) is 78.6 Å². The van der Waals surface area contributed by atoms with Gasteiger partial charge in [0, 0.05) is 51.0 Å². The van der Waals surface area contributed by atoms with Crippen LogP contribution in [-0.2, 0) is 23.9 Å². The van der Waals surface area contributed by atoms with Gasteiger partial charge in [-0.2, -0.15) is 0 Å². The first kappa shape index (κ1) is 28.3. The van der Waals surface area contributed by atoms with Crippen molar-refractivity contribution < 1.29 is 28.7 Å². The molecule has 3 aliphatic rings. The maximum Gasteiger partial charge on any atom is 0.410 e. The fourth-order valence-corrected chi connectivity index (χ4v) is 5.61. The number of nitrogens with zero attached hydrogens (tertiary/aromatic N) is 2. The second-order valence-corrected chi connectivity index (χ2v) is 11.8. The Hall–Kier alpha value is -2.32. The van der Waals surface area contributed by atoms with Gasteiger partial charge < -0.3 is 24.6 Å². The summed E-state index contributed by atoms with van der Waals surface area (Å²) < 4.78 is 10.2. The molecule has 9 heteroatoms. The van der Waals surface area contributed by atoms with Crippen molar-refractivity contribution in [2.75, 3.05) is 33.3 Å². The largest absolute Gasteiger partial charge is 0.469 e. The van der Waals surface area contributed by atoms with Crippen LogP contribution in [0.1, 0.15) is 85.0 Å². The van der Waals surface area contributed by atoms with E-state index in [-0.39, 0.29) is 41.8 Å². The standard InChI is InChI=1S/C27H45N3O6/c1-27(2,3)36-26(34)30-15-11-19(12-16-30)17-23(31)28-22-7-5-21(6-8-22)25(33)29-13-9-20(10-14-29)18-24(32)35-4/h19-22H,5-18H2,1-4H3,(H,28,31)/t21-,22-. The predicted octanol–water partition coefficient (Wildman–Crippen LogP) is 3.50. The summed E-state index contributed by atoms with van der Waals surface area (Å²) in [7, 11) is 1.41. The van der Waals surface area contributed by atoms with Gasteiger partial charge in [0.25, 0.3) is 0 Å². The zero-order valence-electron chi connectivity index (χ0n) is 22.6. The van der Waals surface area contributed by atoms with Crippen molar-refractivity contribution in [3.8, 4) is 0 Å². The van der Waals surface area contributed by atoms with E-state index >= 15 is 0 Å². The minimum absolute atomic E-state index is 0.0347. The number of carbonyl (C=O) groups excluding carboxylic acids is 4. The third-order valence-corrected chi connectivity index (χ3v) is 7.79. The molecular weight excluding hydrogens is 462 g/mol. The van der Waals surface area contributed by atoms with Gasteiger partial charge in [-0.05, 0) is 84.0 Å². The van der Waals surface area contributed by atoms with Gasteiger partial charge >= 0.3 is 12.1 Å². The summed E-state index contributed by atoms with van der Waals surface area (Å²) in [5.74, 6) is 0.751. The molecule has 2 heterocycles. The van der Waals surface area contributed by atoms with Crippen LogP contribution in [0.25, 0.3) is 0 Å². The van der Waals surface area contributed by atoms with Crippen LogP contribution in [0.3, 0.4) is 0 Å². The topological polar surface area (TPSA) is 105 Å². The number of nitrogens with one attached hydrogen (secondary N) is 1. The first-order valence-electron chi connectivity index (χ1n) is 13.7. The Bertz CT molecular complexity index is 771. The van der Waals surface area contributed by atoms with Gasteiger partial charge in [0.15, 0.2) is 0 Å². The van der Waals surface area contributed by atoms with Gasteiger partial charge in [-0.3, -0.25) is 14.4 Å². The van der Waals surface area contributed by atoms with E-state index in [1.807, 2.05) is 25.7 Å². The number of likely N-dealkylation sites (tertiary alicyclic amines) is 2.